The molecular weight excluding hydrogens is 264 g/mol. The van der Waals surface area contributed by atoms with Gasteiger partial charge in [-0.1, -0.05) is 0 Å². The van der Waals surface area contributed by atoms with E-state index in [1.54, 1.807) is 6.92 Å². The van der Waals surface area contributed by atoms with Crippen LogP contribution in [0.5, 0.6) is 0 Å². The predicted molar refractivity (Wildman–Crippen MR) is 82.2 cm³/mol. The molecule has 0 radical (unpaired) electrons. The normalized spacial score (nSPS) is 22.6. The van der Waals surface area contributed by atoms with Gasteiger partial charge in [-0.25, -0.2) is 4.98 Å². The van der Waals surface area contributed by atoms with E-state index >= 15 is 0 Å². The average Bonchev–Trinajstić information content (AvgIpc) is 3.02. The van der Waals surface area contributed by atoms with E-state index in [-0.39, 0.29) is 5.91 Å². The highest BCUT2D eigenvalue weighted by Crippen LogP contribution is 2.21. The van der Waals surface area contributed by atoms with Crippen LogP contribution in [0.4, 0.5) is 5.82 Å². The first-order valence-corrected chi connectivity index (χ1v) is 8.04. The third-order valence-corrected chi connectivity index (χ3v) is 4.58. The van der Waals surface area contributed by atoms with Crippen LogP contribution >= 0.6 is 0 Å². The summed E-state index contributed by atoms with van der Waals surface area (Å²) >= 11 is 0. The molecule has 5 heteroatoms. The van der Waals surface area contributed by atoms with Gasteiger partial charge in [0.05, 0.1) is 18.1 Å². The first-order chi connectivity index (χ1) is 10.2. The van der Waals surface area contributed by atoms with E-state index in [2.05, 4.69) is 14.9 Å². The van der Waals surface area contributed by atoms with Gasteiger partial charge in [0.2, 0.25) is 5.91 Å². The molecule has 3 heterocycles. The van der Waals surface area contributed by atoms with Crippen molar-refractivity contribution in [3.63, 3.8) is 0 Å². The van der Waals surface area contributed by atoms with E-state index in [4.69, 9.17) is 0 Å². The Bertz CT molecular complexity index is 482. The summed E-state index contributed by atoms with van der Waals surface area (Å²) in [6.07, 6.45) is 9.55. The van der Waals surface area contributed by atoms with Gasteiger partial charge in [0.25, 0.3) is 0 Å². The van der Waals surface area contributed by atoms with Crippen LogP contribution < -0.4 is 4.90 Å². The van der Waals surface area contributed by atoms with Gasteiger partial charge in [0.15, 0.2) is 0 Å². The Morgan fingerprint density at radius 1 is 1.19 bits per heavy atom. The molecule has 0 N–H and O–H groups in total. The van der Waals surface area contributed by atoms with E-state index < -0.39 is 0 Å². The van der Waals surface area contributed by atoms with Crippen molar-refractivity contribution in [2.24, 2.45) is 5.92 Å². The number of likely N-dealkylation sites (tertiary alicyclic amines) is 1. The monoisotopic (exact) mass is 288 g/mol. The molecule has 2 saturated heterocycles. The maximum atomic E-state index is 11.5. The van der Waals surface area contributed by atoms with Crippen LogP contribution in [-0.4, -0.2) is 47.0 Å². The molecule has 0 aromatic carbocycles. The molecule has 2 aliphatic heterocycles. The van der Waals surface area contributed by atoms with Gasteiger partial charge in [-0.05, 0) is 38.0 Å². The van der Waals surface area contributed by atoms with E-state index in [0.717, 1.165) is 50.5 Å². The summed E-state index contributed by atoms with van der Waals surface area (Å²) in [5.74, 6) is 1.72. The molecule has 21 heavy (non-hydrogen) atoms. The molecule has 2 aliphatic rings. The van der Waals surface area contributed by atoms with Crippen molar-refractivity contribution in [2.75, 3.05) is 31.1 Å². The minimum absolute atomic E-state index is 0.190. The highest BCUT2D eigenvalue weighted by molar-refractivity contribution is 5.73. The molecule has 0 unspecified atom stereocenters. The second-order valence-corrected chi connectivity index (χ2v) is 6.24. The van der Waals surface area contributed by atoms with Gasteiger partial charge < -0.3 is 9.80 Å². The topological polar surface area (TPSA) is 49.3 Å². The Kier molecular flexibility index (Phi) is 4.36. The van der Waals surface area contributed by atoms with E-state index in [1.807, 2.05) is 17.3 Å². The highest BCUT2D eigenvalue weighted by Gasteiger charge is 2.22. The van der Waals surface area contributed by atoms with Gasteiger partial charge in [-0.3, -0.25) is 9.78 Å². The van der Waals surface area contributed by atoms with Gasteiger partial charge in [-0.2, -0.15) is 0 Å². The Labute approximate surface area is 126 Å². The number of carbonyl (C=O) groups excluding carboxylic acids is 1. The number of anilines is 1. The predicted octanol–water partition coefficient (Wildman–Crippen LogP) is 1.88. The van der Waals surface area contributed by atoms with Crippen molar-refractivity contribution in [3.05, 3.63) is 18.1 Å². The fourth-order valence-corrected chi connectivity index (χ4v) is 3.38. The fraction of sp³-hybridized carbons (Fsp3) is 0.688. The van der Waals surface area contributed by atoms with Crippen molar-refractivity contribution < 1.29 is 4.79 Å². The van der Waals surface area contributed by atoms with Crippen LogP contribution in [-0.2, 0) is 11.2 Å². The van der Waals surface area contributed by atoms with Crippen molar-refractivity contribution in [1.29, 1.82) is 0 Å². The highest BCUT2D eigenvalue weighted by atomic mass is 16.2. The lowest BCUT2D eigenvalue weighted by Crippen LogP contribution is -2.39. The lowest BCUT2D eigenvalue weighted by Gasteiger charge is -2.31. The molecule has 1 aromatic heterocycles. The third kappa shape index (κ3) is 3.52. The first-order valence-electron chi connectivity index (χ1n) is 8.04. The standard InChI is InChI=1S/C16H24N4O/c1-13(21)20-8-4-5-14(12-20)9-15-10-18-16(11-17-15)19-6-2-3-7-19/h10-11,14H,2-9,12H2,1H3/t14-/m0/s1. The number of amides is 1. The summed E-state index contributed by atoms with van der Waals surface area (Å²) < 4.78 is 0. The van der Waals surface area contributed by atoms with Crippen LogP contribution in [0.25, 0.3) is 0 Å². The number of rotatable bonds is 3. The first kappa shape index (κ1) is 14.3. The summed E-state index contributed by atoms with van der Waals surface area (Å²) in [6, 6.07) is 0. The number of carbonyl (C=O) groups is 1. The molecule has 5 nitrogen and oxygen atoms in total. The molecule has 1 atom stereocenters. The minimum Gasteiger partial charge on any atom is -0.355 e. The molecular formula is C16H24N4O. The molecule has 0 spiro atoms. The van der Waals surface area contributed by atoms with Crippen molar-refractivity contribution in [1.82, 2.24) is 14.9 Å². The van der Waals surface area contributed by atoms with E-state index in [0.29, 0.717) is 5.92 Å². The maximum absolute atomic E-state index is 11.5. The maximum Gasteiger partial charge on any atom is 0.219 e. The Morgan fingerprint density at radius 3 is 2.67 bits per heavy atom. The second kappa shape index (κ2) is 6.41. The average molecular weight is 288 g/mol. The SMILES string of the molecule is CC(=O)N1CCC[C@@H](Cc2cnc(N3CCCC3)cn2)C1. The Balaban J connectivity index is 1.58. The van der Waals surface area contributed by atoms with Crippen molar-refractivity contribution in [2.45, 2.75) is 39.0 Å². The Morgan fingerprint density at radius 2 is 2.00 bits per heavy atom. The number of nitrogens with zero attached hydrogens (tertiary/aromatic N) is 4. The largest absolute Gasteiger partial charge is 0.355 e. The van der Waals surface area contributed by atoms with Crippen molar-refractivity contribution in [3.8, 4) is 0 Å². The molecule has 2 fully saturated rings. The van der Waals surface area contributed by atoms with Crippen LogP contribution in [0, 0.1) is 5.92 Å². The van der Waals surface area contributed by atoms with Gasteiger partial charge >= 0.3 is 0 Å². The van der Waals surface area contributed by atoms with E-state index in [1.165, 1.54) is 19.3 Å². The van der Waals surface area contributed by atoms with Gasteiger partial charge in [-0.15, -0.1) is 0 Å². The second-order valence-electron chi connectivity index (χ2n) is 6.24. The zero-order chi connectivity index (χ0) is 14.7. The van der Waals surface area contributed by atoms with Gasteiger partial charge in [0, 0.05) is 33.1 Å². The summed E-state index contributed by atoms with van der Waals surface area (Å²) in [5, 5.41) is 0. The number of hydrogen-bond donors (Lipinski definition) is 0. The molecule has 3 rings (SSSR count). The number of piperidine rings is 1. The van der Waals surface area contributed by atoms with Gasteiger partial charge in [0.1, 0.15) is 5.82 Å². The summed E-state index contributed by atoms with van der Waals surface area (Å²) in [6.45, 7) is 5.64. The molecule has 0 aliphatic carbocycles. The molecule has 0 bridgehead atoms. The summed E-state index contributed by atoms with van der Waals surface area (Å²) in [5.41, 5.74) is 1.05. The van der Waals surface area contributed by atoms with Crippen LogP contribution in [0.1, 0.15) is 38.3 Å². The van der Waals surface area contributed by atoms with Crippen LogP contribution in [0.15, 0.2) is 12.4 Å². The lowest BCUT2D eigenvalue weighted by atomic mass is 9.93. The summed E-state index contributed by atoms with van der Waals surface area (Å²) in [4.78, 5) is 24.9. The summed E-state index contributed by atoms with van der Waals surface area (Å²) in [7, 11) is 0. The smallest absolute Gasteiger partial charge is 0.219 e. The van der Waals surface area contributed by atoms with Crippen LogP contribution in [0.2, 0.25) is 0 Å². The molecule has 114 valence electrons. The zero-order valence-corrected chi connectivity index (χ0v) is 12.8. The molecule has 1 aromatic rings. The van der Waals surface area contributed by atoms with Crippen LogP contribution in [0.3, 0.4) is 0 Å². The lowest BCUT2D eigenvalue weighted by molar-refractivity contribution is -0.130. The quantitative estimate of drug-likeness (QED) is 0.852. The van der Waals surface area contributed by atoms with E-state index in [9.17, 15) is 4.79 Å². The number of aromatic nitrogens is 2. The number of hydrogen-bond acceptors (Lipinski definition) is 4. The Hall–Kier alpha value is -1.65. The molecule has 0 saturated carbocycles. The van der Waals surface area contributed by atoms with Crippen molar-refractivity contribution >= 4 is 11.7 Å². The molecule has 1 amide bonds. The zero-order valence-electron chi connectivity index (χ0n) is 12.8. The fourth-order valence-electron chi connectivity index (χ4n) is 3.38. The third-order valence-electron chi connectivity index (χ3n) is 4.58. The minimum atomic E-state index is 0.190.